The summed E-state index contributed by atoms with van der Waals surface area (Å²) in [4.78, 5) is 20.2. The number of hydrogen-bond acceptors (Lipinski definition) is 2. The molecule has 1 amide bonds. The van der Waals surface area contributed by atoms with Gasteiger partial charge in [0.25, 0.3) is 0 Å². The highest BCUT2D eigenvalue weighted by atomic mass is 79.9. The highest BCUT2D eigenvalue weighted by Crippen LogP contribution is 2.27. The highest BCUT2D eigenvalue weighted by molar-refractivity contribution is 9.10. The van der Waals surface area contributed by atoms with Crippen LogP contribution >= 0.6 is 15.9 Å². The summed E-state index contributed by atoms with van der Waals surface area (Å²) < 4.78 is 1.01. The maximum absolute atomic E-state index is 12.5. The molecule has 3 rings (SSSR count). The molecular formula is C16H18BrN3O. The lowest BCUT2D eigenvalue weighted by Crippen LogP contribution is -2.28. The molecule has 21 heavy (non-hydrogen) atoms. The van der Waals surface area contributed by atoms with E-state index in [-0.39, 0.29) is 11.8 Å². The Kier molecular flexibility index (Phi) is 3.85. The third kappa shape index (κ3) is 2.88. The van der Waals surface area contributed by atoms with E-state index in [1.807, 2.05) is 32.0 Å². The number of fused-ring (bicyclic) bond motifs is 1. The Bertz CT molecular complexity index is 693. The summed E-state index contributed by atoms with van der Waals surface area (Å²) in [5.41, 5.74) is 4.17. The first-order valence-electron chi connectivity index (χ1n) is 7.15. The minimum Gasteiger partial charge on any atom is -0.346 e. The number of imidazole rings is 1. The van der Waals surface area contributed by atoms with Crippen molar-refractivity contribution in [2.24, 2.45) is 5.92 Å². The lowest BCUT2D eigenvalue weighted by Gasteiger charge is -2.21. The van der Waals surface area contributed by atoms with Gasteiger partial charge in [-0.15, -0.1) is 0 Å². The van der Waals surface area contributed by atoms with Crippen LogP contribution in [0.25, 0.3) is 0 Å². The molecule has 2 aromatic rings. The molecule has 4 nitrogen and oxygen atoms in total. The lowest BCUT2D eigenvalue weighted by molar-refractivity contribution is -0.120. The van der Waals surface area contributed by atoms with E-state index < -0.39 is 0 Å². The van der Waals surface area contributed by atoms with Crippen LogP contribution in [0.5, 0.6) is 0 Å². The van der Waals surface area contributed by atoms with Gasteiger partial charge in [-0.1, -0.05) is 22.0 Å². The van der Waals surface area contributed by atoms with E-state index in [9.17, 15) is 4.79 Å². The Morgan fingerprint density at radius 1 is 1.43 bits per heavy atom. The van der Waals surface area contributed by atoms with Crippen LogP contribution < -0.4 is 5.32 Å². The number of carbonyl (C=O) groups excluding carboxylic acids is 1. The number of amides is 1. The normalized spacial score (nSPS) is 17.4. The van der Waals surface area contributed by atoms with Crippen molar-refractivity contribution >= 4 is 27.5 Å². The molecule has 0 bridgehead atoms. The number of aryl methyl sites for hydroxylation is 2. The van der Waals surface area contributed by atoms with Crippen molar-refractivity contribution in [1.82, 2.24) is 9.97 Å². The lowest BCUT2D eigenvalue weighted by atomic mass is 9.89. The number of anilines is 1. The third-order valence-corrected chi connectivity index (χ3v) is 4.92. The second-order valence-corrected chi connectivity index (χ2v) is 6.44. The summed E-state index contributed by atoms with van der Waals surface area (Å²) in [5, 5.41) is 3.06. The molecule has 1 heterocycles. The van der Waals surface area contributed by atoms with Crippen LogP contribution in [0.15, 0.2) is 22.7 Å². The fraction of sp³-hybridized carbons (Fsp3) is 0.375. The van der Waals surface area contributed by atoms with Gasteiger partial charge < -0.3 is 10.3 Å². The summed E-state index contributed by atoms with van der Waals surface area (Å²) >= 11 is 3.49. The van der Waals surface area contributed by atoms with Crippen molar-refractivity contribution in [3.63, 3.8) is 0 Å². The van der Waals surface area contributed by atoms with E-state index >= 15 is 0 Å². The van der Waals surface area contributed by atoms with Gasteiger partial charge in [0, 0.05) is 28.2 Å². The largest absolute Gasteiger partial charge is 0.346 e. The average molecular weight is 348 g/mol. The van der Waals surface area contributed by atoms with Gasteiger partial charge in [-0.25, -0.2) is 4.98 Å². The molecule has 0 fully saturated rings. The van der Waals surface area contributed by atoms with Crippen LogP contribution in [-0.2, 0) is 17.6 Å². The fourth-order valence-corrected chi connectivity index (χ4v) is 3.19. The number of hydrogen-bond donors (Lipinski definition) is 2. The molecule has 0 spiro atoms. The third-order valence-electron chi connectivity index (χ3n) is 4.06. The zero-order valence-corrected chi connectivity index (χ0v) is 13.8. The zero-order chi connectivity index (χ0) is 15.0. The maximum atomic E-state index is 12.5. The number of carbonyl (C=O) groups is 1. The van der Waals surface area contributed by atoms with Gasteiger partial charge in [0.2, 0.25) is 5.91 Å². The quantitative estimate of drug-likeness (QED) is 0.872. The number of nitrogens with one attached hydrogen (secondary N) is 2. The molecule has 0 aliphatic heterocycles. The first-order chi connectivity index (χ1) is 10.0. The number of aromatic amines is 1. The predicted molar refractivity (Wildman–Crippen MR) is 86.3 cm³/mol. The molecule has 1 unspecified atom stereocenters. The number of rotatable bonds is 2. The first kappa shape index (κ1) is 14.3. The van der Waals surface area contributed by atoms with Gasteiger partial charge in [0.1, 0.15) is 5.82 Å². The van der Waals surface area contributed by atoms with Crippen molar-refractivity contribution in [3.8, 4) is 0 Å². The minimum atomic E-state index is 0.00994. The van der Waals surface area contributed by atoms with Crippen LogP contribution in [0.1, 0.15) is 29.2 Å². The number of H-pyrrole nitrogens is 1. The molecule has 2 N–H and O–H groups in total. The monoisotopic (exact) mass is 347 g/mol. The molecule has 0 radical (unpaired) electrons. The van der Waals surface area contributed by atoms with E-state index in [1.165, 1.54) is 0 Å². The number of nitrogens with zero attached hydrogens (tertiary/aromatic N) is 1. The SMILES string of the molecule is Cc1nc2c([nH]1)CC(C(=O)Nc1cccc(Br)c1C)CC2. The Labute approximate surface area is 132 Å². The molecule has 0 saturated carbocycles. The molecular weight excluding hydrogens is 330 g/mol. The van der Waals surface area contributed by atoms with E-state index in [2.05, 4.69) is 31.2 Å². The van der Waals surface area contributed by atoms with Crippen LogP contribution in [0, 0.1) is 19.8 Å². The molecule has 1 atom stereocenters. The smallest absolute Gasteiger partial charge is 0.227 e. The Morgan fingerprint density at radius 3 is 3.05 bits per heavy atom. The highest BCUT2D eigenvalue weighted by Gasteiger charge is 2.27. The van der Waals surface area contributed by atoms with Gasteiger partial charge in [0.05, 0.1) is 5.69 Å². The summed E-state index contributed by atoms with van der Waals surface area (Å²) in [7, 11) is 0. The molecule has 110 valence electrons. The van der Waals surface area contributed by atoms with Gasteiger partial charge in [-0.2, -0.15) is 0 Å². The topological polar surface area (TPSA) is 57.8 Å². The van der Waals surface area contributed by atoms with Crippen LogP contribution in [-0.4, -0.2) is 15.9 Å². The van der Waals surface area contributed by atoms with E-state index in [1.54, 1.807) is 0 Å². The molecule has 1 aliphatic carbocycles. The van der Waals surface area contributed by atoms with E-state index in [4.69, 9.17) is 0 Å². The Hall–Kier alpha value is -1.62. The standard InChI is InChI=1S/C16H18BrN3O/c1-9-12(17)4-3-5-13(9)20-16(21)11-6-7-14-15(8-11)19-10(2)18-14/h3-5,11H,6-8H2,1-2H3,(H,18,19)(H,20,21). The van der Waals surface area contributed by atoms with Gasteiger partial charge in [-0.05, 0) is 44.4 Å². The molecule has 0 saturated heterocycles. The molecule has 1 aliphatic rings. The van der Waals surface area contributed by atoms with Crippen molar-refractivity contribution in [3.05, 3.63) is 45.4 Å². The van der Waals surface area contributed by atoms with Gasteiger partial charge in [0.15, 0.2) is 0 Å². The first-order valence-corrected chi connectivity index (χ1v) is 7.94. The summed E-state index contributed by atoms with van der Waals surface area (Å²) in [6.07, 6.45) is 2.47. The molecule has 5 heteroatoms. The summed E-state index contributed by atoms with van der Waals surface area (Å²) in [5.74, 6) is 1.04. The van der Waals surface area contributed by atoms with Crippen molar-refractivity contribution < 1.29 is 4.79 Å². The fourth-order valence-electron chi connectivity index (χ4n) is 2.82. The van der Waals surface area contributed by atoms with Crippen LogP contribution in [0.2, 0.25) is 0 Å². The molecule has 1 aromatic heterocycles. The summed E-state index contributed by atoms with van der Waals surface area (Å²) in [6, 6.07) is 5.85. The number of aromatic nitrogens is 2. The number of halogens is 1. The van der Waals surface area contributed by atoms with Crippen molar-refractivity contribution in [2.75, 3.05) is 5.32 Å². The van der Waals surface area contributed by atoms with Crippen LogP contribution in [0.3, 0.4) is 0 Å². The van der Waals surface area contributed by atoms with Gasteiger partial charge >= 0.3 is 0 Å². The zero-order valence-electron chi connectivity index (χ0n) is 12.2. The number of benzene rings is 1. The van der Waals surface area contributed by atoms with E-state index in [0.717, 1.165) is 52.2 Å². The van der Waals surface area contributed by atoms with Gasteiger partial charge in [-0.3, -0.25) is 4.79 Å². The summed E-state index contributed by atoms with van der Waals surface area (Å²) in [6.45, 7) is 3.95. The second kappa shape index (κ2) is 5.64. The van der Waals surface area contributed by atoms with Crippen molar-refractivity contribution in [2.45, 2.75) is 33.1 Å². The Balaban J connectivity index is 1.73. The molecule has 1 aromatic carbocycles. The Morgan fingerprint density at radius 2 is 2.24 bits per heavy atom. The minimum absolute atomic E-state index is 0.00994. The van der Waals surface area contributed by atoms with Crippen LogP contribution in [0.4, 0.5) is 5.69 Å². The average Bonchev–Trinajstić information content (AvgIpc) is 2.82. The predicted octanol–water partition coefficient (Wildman–Crippen LogP) is 3.53. The second-order valence-electron chi connectivity index (χ2n) is 5.59. The van der Waals surface area contributed by atoms with E-state index in [0.29, 0.717) is 0 Å². The maximum Gasteiger partial charge on any atom is 0.227 e. The van der Waals surface area contributed by atoms with Crippen molar-refractivity contribution in [1.29, 1.82) is 0 Å².